The molecule has 1 heterocycles. The first-order valence-electron chi connectivity index (χ1n) is 10.4. The van der Waals surface area contributed by atoms with Gasteiger partial charge in [0.2, 0.25) is 17.5 Å². The largest absolute Gasteiger partial charge is 0.492 e. The minimum absolute atomic E-state index is 0.0508. The quantitative estimate of drug-likeness (QED) is 0.516. The smallest absolute Gasteiger partial charge is 0.328 e. The number of fused-ring (bicyclic) bond motifs is 1. The second-order valence-corrected chi connectivity index (χ2v) is 8.39. The molecule has 0 bridgehead atoms. The fourth-order valence-electron chi connectivity index (χ4n) is 3.39. The summed E-state index contributed by atoms with van der Waals surface area (Å²) in [6.45, 7) is 7.73. The van der Waals surface area contributed by atoms with Crippen LogP contribution >= 0.6 is 0 Å². The van der Waals surface area contributed by atoms with Gasteiger partial charge in [-0.05, 0) is 24.7 Å². The molecule has 32 heavy (non-hydrogen) atoms. The van der Waals surface area contributed by atoms with E-state index in [0.29, 0.717) is 12.8 Å². The lowest BCUT2D eigenvalue weighted by Crippen LogP contribution is -2.49. The molecule has 0 radical (unpaired) electrons. The third-order valence-electron chi connectivity index (χ3n) is 4.86. The first-order valence-corrected chi connectivity index (χ1v) is 10.4. The number of hydrogen-bond acceptors (Lipinski definition) is 9. The fraction of sp³-hybridized carbons (Fsp3) is 0.545. The Morgan fingerprint density at radius 2 is 1.62 bits per heavy atom. The summed E-state index contributed by atoms with van der Waals surface area (Å²) in [5.41, 5.74) is -0.116. The molecule has 1 aromatic heterocycles. The minimum Gasteiger partial charge on any atom is -0.492 e. The highest BCUT2D eigenvalue weighted by atomic mass is 16.5. The van der Waals surface area contributed by atoms with E-state index in [0.717, 1.165) is 12.4 Å². The van der Waals surface area contributed by atoms with E-state index in [1.54, 1.807) is 0 Å². The van der Waals surface area contributed by atoms with Gasteiger partial charge in [-0.25, -0.2) is 14.8 Å². The Morgan fingerprint density at radius 1 is 1.00 bits per heavy atom. The normalized spacial score (nSPS) is 15.1. The summed E-state index contributed by atoms with van der Waals surface area (Å²) >= 11 is 0. The van der Waals surface area contributed by atoms with Gasteiger partial charge in [-0.3, -0.25) is 14.4 Å². The molecule has 1 aromatic rings. The molecule has 1 amide bonds. The maximum atomic E-state index is 13.1. The van der Waals surface area contributed by atoms with E-state index in [4.69, 9.17) is 9.47 Å². The van der Waals surface area contributed by atoms with Crippen LogP contribution in [0.3, 0.4) is 0 Å². The summed E-state index contributed by atoms with van der Waals surface area (Å²) in [6, 6.07) is -1.64. The maximum absolute atomic E-state index is 13.1. The number of ether oxygens (including phenoxy) is 2. The molecule has 0 aliphatic heterocycles. The molecule has 0 fully saturated rings. The number of carbonyl (C=O) groups is 4. The molecular weight excluding hydrogens is 416 g/mol. The molecule has 2 unspecified atom stereocenters. The monoisotopic (exact) mass is 446 g/mol. The summed E-state index contributed by atoms with van der Waals surface area (Å²) in [6.07, 6.45) is 3.02. The lowest BCUT2D eigenvalue weighted by atomic mass is 9.97. The number of allylic oxidation sites excluding steroid dienone is 2. The SMILES string of the molecule is COC(=O)C(CC(C)C)NC(=O)C(CC(C)C)Nc1ncnc2c1C(=O)C(OC)=CC2=O. The number of nitrogens with zero attached hydrogens (tertiary/aromatic N) is 2. The zero-order valence-corrected chi connectivity index (χ0v) is 19.2. The number of hydrogen-bond donors (Lipinski definition) is 2. The molecule has 10 heteroatoms. The highest BCUT2D eigenvalue weighted by Crippen LogP contribution is 2.26. The molecule has 10 nitrogen and oxygen atoms in total. The third kappa shape index (κ3) is 5.89. The number of nitrogens with one attached hydrogen (secondary N) is 2. The number of ketones is 2. The van der Waals surface area contributed by atoms with Gasteiger partial charge in [0.15, 0.2) is 5.76 Å². The molecule has 2 atom stereocenters. The van der Waals surface area contributed by atoms with Crippen molar-refractivity contribution in [1.29, 1.82) is 0 Å². The van der Waals surface area contributed by atoms with Crippen molar-refractivity contribution < 1.29 is 28.7 Å². The Hall–Kier alpha value is -3.30. The van der Waals surface area contributed by atoms with E-state index >= 15 is 0 Å². The molecular formula is C22H30N4O6. The highest BCUT2D eigenvalue weighted by molar-refractivity contribution is 6.24. The van der Waals surface area contributed by atoms with Gasteiger partial charge in [-0.1, -0.05) is 27.7 Å². The summed E-state index contributed by atoms with van der Waals surface area (Å²) in [5, 5.41) is 5.72. The van der Waals surface area contributed by atoms with Crippen molar-refractivity contribution in [2.45, 2.75) is 52.6 Å². The molecule has 0 saturated heterocycles. The zero-order chi connectivity index (χ0) is 24.0. The van der Waals surface area contributed by atoms with E-state index in [1.807, 2.05) is 27.7 Å². The molecule has 2 rings (SSSR count). The van der Waals surface area contributed by atoms with Gasteiger partial charge in [-0.15, -0.1) is 0 Å². The molecule has 1 aliphatic rings. The average molecular weight is 447 g/mol. The summed E-state index contributed by atoms with van der Waals surface area (Å²) in [4.78, 5) is 58.4. The van der Waals surface area contributed by atoms with Crippen LogP contribution in [0.25, 0.3) is 0 Å². The van der Waals surface area contributed by atoms with E-state index in [9.17, 15) is 19.2 Å². The average Bonchev–Trinajstić information content (AvgIpc) is 2.73. The second-order valence-electron chi connectivity index (χ2n) is 8.39. The fourth-order valence-corrected chi connectivity index (χ4v) is 3.39. The van der Waals surface area contributed by atoms with Crippen LogP contribution in [-0.2, 0) is 19.1 Å². The van der Waals surface area contributed by atoms with Crippen LogP contribution in [0.1, 0.15) is 61.4 Å². The van der Waals surface area contributed by atoms with Crippen LogP contribution in [0.2, 0.25) is 0 Å². The first-order chi connectivity index (χ1) is 15.1. The zero-order valence-electron chi connectivity index (χ0n) is 19.2. The van der Waals surface area contributed by atoms with Gasteiger partial charge in [0.1, 0.15) is 29.9 Å². The Bertz CT molecular complexity index is 925. The van der Waals surface area contributed by atoms with Gasteiger partial charge >= 0.3 is 5.97 Å². The Kier molecular flexibility index (Phi) is 8.45. The topological polar surface area (TPSA) is 137 Å². The molecule has 1 aliphatic carbocycles. The number of Topliss-reactive ketones (excluding diaryl/α,β-unsaturated/α-hetero) is 1. The Balaban J connectivity index is 2.36. The lowest BCUT2D eigenvalue weighted by molar-refractivity contribution is -0.145. The number of aromatic nitrogens is 2. The van der Waals surface area contributed by atoms with Gasteiger partial charge in [0.25, 0.3) is 0 Å². The number of anilines is 1. The number of esters is 1. The predicted octanol–water partition coefficient (Wildman–Crippen LogP) is 1.92. The van der Waals surface area contributed by atoms with Crippen LogP contribution in [-0.4, -0.2) is 59.7 Å². The Morgan fingerprint density at radius 3 is 2.19 bits per heavy atom. The van der Waals surface area contributed by atoms with Gasteiger partial charge in [0, 0.05) is 6.08 Å². The van der Waals surface area contributed by atoms with Crippen molar-refractivity contribution >= 4 is 29.3 Å². The van der Waals surface area contributed by atoms with Crippen molar-refractivity contribution in [1.82, 2.24) is 15.3 Å². The summed E-state index contributed by atoms with van der Waals surface area (Å²) in [7, 11) is 2.55. The van der Waals surface area contributed by atoms with Crippen molar-refractivity contribution in [2.24, 2.45) is 11.8 Å². The van der Waals surface area contributed by atoms with Crippen molar-refractivity contribution in [3.05, 3.63) is 29.4 Å². The van der Waals surface area contributed by atoms with Crippen molar-refractivity contribution in [3.63, 3.8) is 0 Å². The van der Waals surface area contributed by atoms with Gasteiger partial charge in [-0.2, -0.15) is 0 Å². The van der Waals surface area contributed by atoms with Crippen LogP contribution in [0.5, 0.6) is 0 Å². The van der Waals surface area contributed by atoms with Crippen molar-refractivity contribution in [2.75, 3.05) is 19.5 Å². The molecule has 2 N–H and O–H groups in total. The number of methoxy groups -OCH3 is 2. The first kappa shape index (κ1) is 25.0. The molecule has 174 valence electrons. The number of carbonyl (C=O) groups excluding carboxylic acids is 4. The summed E-state index contributed by atoms with van der Waals surface area (Å²) < 4.78 is 9.83. The molecule has 0 aromatic carbocycles. The van der Waals surface area contributed by atoms with E-state index in [1.165, 1.54) is 14.2 Å². The number of amides is 1. The van der Waals surface area contributed by atoms with E-state index in [-0.39, 0.29) is 34.7 Å². The van der Waals surface area contributed by atoms with Gasteiger partial charge < -0.3 is 20.1 Å². The maximum Gasteiger partial charge on any atom is 0.328 e. The second kappa shape index (κ2) is 10.8. The van der Waals surface area contributed by atoms with Crippen molar-refractivity contribution in [3.8, 4) is 0 Å². The predicted molar refractivity (Wildman–Crippen MR) is 116 cm³/mol. The third-order valence-corrected chi connectivity index (χ3v) is 4.86. The van der Waals surface area contributed by atoms with E-state index in [2.05, 4.69) is 20.6 Å². The molecule has 0 spiro atoms. The van der Waals surface area contributed by atoms with Crippen LogP contribution in [0.4, 0.5) is 5.82 Å². The van der Waals surface area contributed by atoms with Crippen LogP contribution in [0, 0.1) is 11.8 Å². The highest BCUT2D eigenvalue weighted by Gasteiger charge is 2.33. The summed E-state index contributed by atoms with van der Waals surface area (Å²) in [5.74, 6) is -1.86. The minimum atomic E-state index is -0.826. The van der Waals surface area contributed by atoms with Crippen LogP contribution < -0.4 is 10.6 Å². The van der Waals surface area contributed by atoms with E-state index < -0.39 is 35.5 Å². The Labute approximate surface area is 187 Å². The molecule has 0 saturated carbocycles. The van der Waals surface area contributed by atoms with Gasteiger partial charge in [0.05, 0.1) is 19.8 Å². The van der Waals surface area contributed by atoms with Crippen LogP contribution in [0.15, 0.2) is 18.2 Å². The number of rotatable bonds is 10. The lowest BCUT2D eigenvalue weighted by Gasteiger charge is -2.25. The standard InChI is InChI=1S/C22H30N4O6/c1-11(2)7-13(21(29)26-14(8-12(3)4)22(30)32-6)25-20-17-18(23-10-24-20)15(27)9-16(31-5)19(17)28/h9-14H,7-8H2,1-6H3,(H,26,29)(H,23,24,25).